The zero-order valence-electron chi connectivity index (χ0n) is 17.1. The van der Waals surface area contributed by atoms with Crippen LogP contribution in [-0.2, 0) is 6.42 Å². The lowest BCUT2D eigenvalue weighted by Crippen LogP contribution is -2.15. The van der Waals surface area contributed by atoms with Gasteiger partial charge in [0.15, 0.2) is 5.82 Å². The van der Waals surface area contributed by atoms with Gasteiger partial charge in [0.2, 0.25) is 0 Å². The number of aryl methyl sites for hydroxylation is 4. The first kappa shape index (κ1) is 20.1. The van der Waals surface area contributed by atoms with E-state index in [2.05, 4.69) is 43.8 Å². The molecule has 0 radical (unpaired) electrons. The molecular weight excluding hydrogens is 366 g/mol. The van der Waals surface area contributed by atoms with Gasteiger partial charge in [-0.1, -0.05) is 6.92 Å². The first-order chi connectivity index (χ1) is 14.0. The van der Waals surface area contributed by atoms with Crippen molar-refractivity contribution in [2.24, 2.45) is 0 Å². The second-order valence-electron chi connectivity index (χ2n) is 6.73. The molecule has 0 aliphatic carbocycles. The summed E-state index contributed by atoms with van der Waals surface area (Å²) in [5.41, 5.74) is 4.19. The summed E-state index contributed by atoms with van der Waals surface area (Å²) in [6.07, 6.45) is 0.872. The van der Waals surface area contributed by atoms with Gasteiger partial charge in [0, 0.05) is 17.5 Å². The number of nitriles is 1. The van der Waals surface area contributed by atoms with Crippen molar-refractivity contribution >= 4 is 17.5 Å². The molecule has 3 rings (SSSR count). The molecular formula is C21H25N7O. The number of aromatic nitrogens is 4. The summed E-state index contributed by atoms with van der Waals surface area (Å²) in [5, 5.41) is 23.1. The van der Waals surface area contributed by atoms with E-state index in [1.54, 1.807) is 0 Å². The molecule has 0 aliphatic rings. The highest BCUT2D eigenvalue weighted by molar-refractivity contribution is 5.63. The average Bonchev–Trinajstić information content (AvgIpc) is 3.14. The van der Waals surface area contributed by atoms with Crippen LogP contribution in [0.3, 0.4) is 0 Å². The van der Waals surface area contributed by atoms with Crippen molar-refractivity contribution in [1.82, 2.24) is 20.2 Å². The van der Waals surface area contributed by atoms with Crippen LogP contribution in [0.1, 0.15) is 35.1 Å². The summed E-state index contributed by atoms with van der Waals surface area (Å²) in [7, 11) is 0. The van der Waals surface area contributed by atoms with Crippen LogP contribution in [0.4, 0.5) is 17.5 Å². The molecule has 0 saturated carbocycles. The normalized spacial score (nSPS) is 10.4. The van der Waals surface area contributed by atoms with Gasteiger partial charge in [-0.2, -0.15) is 10.4 Å². The molecule has 0 atom stereocenters. The van der Waals surface area contributed by atoms with Crippen molar-refractivity contribution in [1.29, 1.82) is 5.26 Å². The largest absolute Gasteiger partial charge is 0.490 e. The van der Waals surface area contributed by atoms with E-state index < -0.39 is 0 Å². The Bertz CT molecular complexity index is 1040. The average molecular weight is 391 g/mol. The lowest BCUT2D eigenvalue weighted by molar-refractivity contribution is 0.328. The molecule has 0 amide bonds. The van der Waals surface area contributed by atoms with Gasteiger partial charge in [-0.3, -0.25) is 10.1 Å². The first-order valence-electron chi connectivity index (χ1n) is 9.54. The van der Waals surface area contributed by atoms with E-state index in [4.69, 9.17) is 4.74 Å². The third-order valence-electron chi connectivity index (χ3n) is 4.43. The number of H-pyrrole nitrogens is 1. The number of hydrogen-bond acceptors (Lipinski definition) is 7. The Kier molecular flexibility index (Phi) is 6.29. The van der Waals surface area contributed by atoms with E-state index in [1.165, 1.54) is 0 Å². The van der Waals surface area contributed by atoms with E-state index in [9.17, 15) is 5.26 Å². The smallest absolute Gasteiger partial charge is 0.153 e. The predicted octanol–water partition coefficient (Wildman–Crippen LogP) is 3.79. The van der Waals surface area contributed by atoms with Gasteiger partial charge in [0.1, 0.15) is 30.1 Å². The lowest BCUT2D eigenvalue weighted by Gasteiger charge is -2.13. The molecule has 0 spiro atoms. The Morgan fingerprint density at radius 2 is 1.97 bits per heavy atom. The zero-order valence-corrected chi connectivity index (χ0v) is 17.1. The van der Waals surface area contributed by atoms with Crippen molar-refractivity contribution in [3.63, 3.8) is 0 Å². The Hall–Kier alpha value is -3.60. The monoisotopic (exact) mass is 391 g/mol. The van der Waals surface area contributed by atoms with Gasteiger partial charge in [-0.15, -0.1) is 0 Å². The topological polar surface area (TPSA) is 112 Å². The second kappa shape index (κ2) is 9.06. The lowest BCUT2D eigenvalue weighted by atomic mass is 10.1. The van der Waals surface area contributed by atoms with Crippen molar-refractivity contribution < 1.29 is 4.74 Å². The van der Waals surface area contributed by atoms with Crippen LogP contribution in [0, 0.1) is 32.1 Å². The number of ether oxygens (including phenoxy) is 1. The fraction of sp³-hybridized carbons (Fsp3) is 0.333. The van der Waals surface area contributed by atoms with E-state index in [0.717, 1.165) is 34.8 Å². The van der Waals surface area contributed by atoms with E-state index >= 15 is 0 Å². The van der Waals surface area contributed by atoms with Crippen LogP contribution in [0.2, 0.25) is 0 Å². The minimum Gasteiger partial charge on any atom is -0.490 e. The molecule has 0 aliphatic heterocycles. The summed E-state index contributed by atoms with van der Waals surface area (Å²) in [6, 6.07) is 9.83. The molecule has 8 heteroatoms. The van der Waals surface area contributed by atoms with Crippen molar-refractivity contribution in [2.75, 3.05) is 23.8 Å². The maximum Gasteiger partial charge on any atom is 0.153 e. The quantitative estimate of drug-likeness (QED) is 0.501. The fourth-order valence-electron chi connectivity index (χ4n) is 2.90. The zero-order chi connectivity index (χ0) is 20.8. The molecule has 0 fully saturated rings. The fourth-order valence-corrected chi connectivity index (χ4v) is 2.90. The van der Waals surface area contributed by atoms with Gasteiger partial charge >= 0.3 is 0 Å². The summed E-state index contributed by atoms with van der Waals surface area (Å²) < 4.78 is 5.79. The molecule has 3 aromatic rings. The summed E-state index contributed by atoms with van der Waals surface area (Å²) in [4.78, 5) is 8.93. The second-order valence-corrected chi connectivity index (χ2v) is 6.73. The Balaban J connectivity index is 1.67. The van der Waals surface area contributed by atoms with Crippen LogP contribution < -0.4 is 15.4 Å². The standard InChI is InChI=1S/C21H25N7O/c1-5-16-11-20(28-27-16)25-19-10-13(2)17(12-22)21(26-19)23-8-9-29-18-7-6-14(3)24-15(18)4/h6-7,10-11H,5,8-9H2,1-4H3,(H3,23,25,26,27,28). The molecule has 3 N–H and O–H groups in total. The highest BCUT2D eigenvalue weighted by atomic mass is 16.5. The van der Waals surface area contributed by atoms with Gasteiger partial charge in [-0.05, 0) is 51.0 Å². The maximum atomic E-state index is 9.50. The summed E-state index contributed by atoms with van der Waals surface area (Å²) in [6.45, 7) is 8.73. The Morgan fingerprint density at radius 1 is 1.14 bits per heavy atom. The molecule has 0 bridgehead atoms. The number of nitrogens with one attached hydrogen (secondary N) is 3. The van der Waals surface area contributed by atoms with Crippen LogP contribution in [0.5, 0.6) is 5.75 Å². The molecule has 3 aromatic heterocycles. The number of aromatic amines is 1. The molecule has 8 nitrogen and oxygen atoms in total. The van der Waals surface area contributed by atoms with Gasteiger partial charge in [0.05, 0.1) is 17.8 Å². The Labute approximate surface area is 170 Å². The van der Waals surface area contributed by atoms with Gasteiger partial charge < -0.3 is 15.4 Å². The minimum atomic E-state index is 0.425. The first-order valence-corrected chi connectivity index (χ1v) is 9.54. The highest BCUT2D eigenvalue weighted by Crippen LogP contribution is 2.23. The number of rotatable bonds is 8. The van der Waals surface area contributed by atoms with Crippen LogP contribution in [0.25, 0.3) is 0 Å². The van der Waals surface area contributed by atoms with Crippen molar-refractivity contribution in [2.45, 2.75) is 34.1 Å². The van der Waals surface area contributed by atoms with Gasteiger partial charge in [-0.25, -0.2) is 4.98 Å². The molecule has 150 valence electrons. The third-order valence-corrected chi connectivity index (χ3v) is 4.43. The minimum absolute atomic E-state index is 0.425. The number of nitrogens with zero attached hydrogens (tertiary/aromatic N) is 4. The third kappa shape index (κ3) is 5.02. The van der Waals surface area contributed by atoms with Crippen LogP contribution >= 0.6 is 0 Å². The number of pyridine rings is 2. The highest BCUT2D eigenvalue weighted by Gasteiger charge is 2.11. The van der Waals surface area contributed by atoms with E-state index in [-0.39, 0.29) is 0 Å². The molecule has 0 aromatic carbocycles. The summed E-state index contributed by atoms with van der Waals surface area (Å²) >= 11 is 0. The number of anilines is 3. The van der Waals surface area contributed by atoms with Crippen LogP contribution in [-0.4, -0.2) is 33.3 Å². The predicted molar refractivity (Wildman–Crippen MR) is 113 cm³/mol. The molecule has 0 saturated heterocycles. The maximum absolute atomic E-state index is 9.50. The SMILES string of the molecule is CCc1cc(Nc2cc(C)c(C#N)c(NCCOc3ccc(C)nc3C)n2)n[nH]1. The number of hydrogen-bond donors (Lipinski definition) is 3. The molecule has 3 heterocycles. The molecule has 29 heavy (non-hydrogen) atoms. The van der Waals surface area contributed by atoms with E-state index in [1.807, 2.05) is 45.0 Å². The van der Waals surface area contributed by atoms with Crippen molar-refractivity contribution in [3.8, 4) is 11.8 Å². The van der Waals surface area contributed by atoms with Crippen molar-refractivity contribution in [3.05, 3.63) is 52.5 Å². The Morgan fingerprint density at radius 3 is 2.66 bits per heavy atom. The molecule has 0 unspecified atom stereocenters. The van der Waals surface area contributed by atoms with E-state index in [0.29, 0.717) is 36.2 Å². The summed E-state index contributed by atoms with van der Waals surface area (Å²) in [5.74, 6) is 2.58. The van der Waals surface area contributed by atoms with Gasteiger partial charge in [0.25, 0.3) is 0 Å². The van der Waals surface area contributed by atoms with Crippen LogP contribution in [0.15, 0.2) is 24.3 Å².